The van der Waals surface area contributed by atoms with Gasteiger partial charge in [0.25, 0.3) is 5.91 Å². The van der Waals surface area contributed by atoms with Crippen molar-refractivity contribution in [2.75, 3.05) is 13.3 Å². The summed E-state index contributed by atoms with van der Waals surface area (Å²) in [6.07, 6.45) is 5.74. The van der Waals surface area contributed by atoms with Crippen LogP contribution in [0.5, 0.6) is 0 Å². The molecule has 1 heterocycles. The minimum atomic E-state index is 0.0274. The first-order chi connectivity index (χ1) is 12.2. The molecule has 0 saturated carbocycles. The van der Waals surface area contributed by atoms with Gasteiger partial charge in [0.1, 0.15) is 0 Å². The second kappa shape index (κ2) is 8.03. The van der Waals surface area contributed by atoms with Gasteiger partial charge in [0.15, 0.2) is 0 Å². The van der Waals surface area contributed by atoms with E-state index in [1.165, 1.54) is 4.90 Å². The van der Waals surface area contributed by atoms with Crippen molar-refractivity contribution < 1.29 is 4.79 Å². The maximum atomic E-state index is 12.6. The number of benzene rings is 2. The number of carbonyl (C=O) groups excluding carboxylic acids is 1. The van der Waals surface area contributed by atoms with Crippen molar-refractivity contribution >= 4 is 17.7 Å². The Hall–Kier alpha value is -2.53. The molecule has 3 rings (SSSR count). The van der Waals surface area contributed by atoms with E-state index in [9.17, 15) is 4.79 Å². The monoisotopic (exact) mass is 351 g/mol. The van der Waals surface area contributed by atoms with Crippen LogP contribution in [0.2, 0.25) is 0 Å². The molecule has 3 aromatic rings. The largest absolute Gasteiger partial charge is 0.337 e. The van der Waals surface area contributed by atoms with Crippen molar-refractivity contribution in [1.29, 1.82) is 0 Å². The highest BCUT2D eigenvalue weighted by Gasteiger charge is 2.12. The molecule has 0 N–H and O–H groups in total. The Morgan fingerprint density at radius 1 is 1.08 bits per heavy atom. The van der Waals surface area contributed by atoms with Crippen LogP contribution in [0.25, 0.3) is 0 Å². The number of hydrogen-bond acceptors (Lipinski definition) is 3. The fourth-order valence-corrected chi connectivity index (χ4v) is 3.04. The van der Waals surface area contributed by atoms with E-state index < -0.39 is 0 Å². The Bertz CT molecular complexity index is 811. The average molecular weight is 351 g/mol. The molecule has 0 fully saturated rings. The topological polar surface area (TPSA) is 38.1 Å². The lowest BCUT2D eigenvalue weighted by atomic mass is 10.1. The Balaban J connectivity index is 1.62. The number of rotatable bonds is 6. The first kappa shape index (κ1) is 17.3. The van der Waals surface area contributed by atoms with Crippen LogP contribution in [-0.4, -0.2) is 33.9 Å². The zero-order valence-electron chi connectivity index (χ0n) is 14.4. The number of carbonyl (C=O) groups is 1. The van der Waals surface area contributed by atoms with Gasteiger partial charge in [0.2, 0.25) is 0 Å². The molecule has 0 unspecified atom stereocenters. The first-order valence-electron chi connectivity index (χ1n) is 8.10. The highest BCUT2D eigenvalue weighted by atomic mass is 32.2. The van der Waals surface area contributed by atoms with Crippen molar-refractivity contribution in [2.45, 2.75) is 18.0 Å². The molecule has 0 aliphatic rings. The van der Waals surface area contributed by atoms with E-state index >= 15 is 0 Å². The van der Waals surface area contributed by atoms with E-state index in [0.717, 1.165) is 11.1 Å². The highest BCUT2D eigenvalue weighted by Crippen LogP contribution is 2.16. The molecule has 0 bridgehead atoms. The molecule has 5 heteroatoms. The zero-order chi connectivity index (χ0) is 17.6. The summed E-state index contributed by atoms with van der Waals surface area (Å²) < 4.78 is 1.86. The predicted octanol–water partition coefficient (Wildman–Crippen LogP) is 3.93. The average Bonchev–Trinajstić information content (AvgIpc) is 3.15. The van der Waals surface area contributed by atoms with Crippen LogP contribution in [0.4, 0.5) is 0 Å². The lowest BCUT2D eigenvalue weighted by molar-refractivity contribution is 0.0785. The molecular formula is C20H21N3OS. The predicted molar refractivity (Wildman–Crippen MR) is 102 cm³/mol. The van der Waals surface area contributed by atoms with Crippen molar-refractivity contribution in [3.05, 3.63) is 83.7 Å². The molecule has 25 heavy (non-hydrogen) atoms. The van der Waals surface area contributed by atoms with E-state index in [2.05, 4.69) is 35.6 Å². The molecule has 1 amide bonds. The second-order valence-corrected chi connectivity index (χ2v) is 6.79. The van der Waals surface area contributed by atoms with Crippen molar-refractivity contribution in [1.82, 2.24) is 14.7 Å². The summed E-state index contributed by atoms with van der Waals surface area (Å²) in [6, 6.07) is 17.9. The van der Waals surface area contributed by atoms with Gasteiger partial charge in [-0.05, 0) is 47.7 Å². The molecule has 1 aromatic heterocycles. The summed E-state index contributed by atoms with van der Waals surface area (Å²) >= 11 is 1.72. The summed E-state index contributed by atoms with van der Waals surface area (Å²) in [6.45, 7) is 1.31. The Labute approximate surface area is 152 Å². The lowest BCUT2D eigenvalue weighted by Gasteiger charge is -2.18. The van der Waals surface area contributed by atoms with E-state index in [1.807, 2.05) is 48.3 Å². The van der Waals surface area contributed by atoms with Crippen LogP contribution < -0.4 is 0 Å². The maximum absolute atomic E-state index is 12.6. The van der Waals surface area contributed by atoms with Gasteiger partial charge in [0.05, 0.1) is 6.54 Å². The van der Waals surface area contributed by atoms with E-state index in [4.69, 9.17) is 0 Å². The van der Waals surface area contributed by atoms with Crippen LogP contribution in [0, 0.1) is 0 Å². The van der Waals surface area contributed by atoms with Crippen LogP contribution in [-0.2, 0) is 13.1 Å². The molecule has 0 aliphatic carbocycles. The molecule has 4 nitrogen and oxygen atoms in total. The summed E-state index contributed by atoms with van der Waals surface area (Å²) in [4.78, 5) is 15.6. The quantitative estimate of drug-likeness (QED) is 0.632. The Morgan fingerprint density at radius 2 is 1.76 bits per heavy atom. The number of nitrogens with zero attached hydrogens (tertiary/aromatic N) is 3. The van der Waals surface area contributed by atoms with Crippen molar-refractivity contribution in [3.8, 4) is 0 Å². The Morgan fingerprint density at radius 3 is 2.36 bits per heavy atom. The SMILES string of the molecule is CSc1ccc(CN(C)C(=O)c2ccc(Cn3cccn3)cc2)cc1. The van der Waals surface area contributed by atoms with E-state index in [-0.39, 0.29) is 5.91 Å². The molecule has 0 aliphatic heterocycles. The van der Waals surface area contributed by atoms with Crippen molar-refractivity contribution in [2.24, 2.45) is 0 Å². The minimum absolute atomic E-state index is 0.0274. The van der Waals surface area contributed by atoms with Gasteiger partial charge < -0.3 is 4.90 Å². The highest BCUT2D eigenvalue weighted by molar-refractivity contribution is 7.98. The van der Waals surface area contributed by atoms with Gasteiger partial charge in [-0.25, -0.2) is 0 Å². The standard InChI is InChI=1S/C20H21N3OS/c1-22(14-16-6-10-19(25-2)11-7-16)20(24)18-8-4-17(5-9-18)15-23-13-3-12-21-23/h3-13H,14-15H2,1-2H3. The summed E-state index contributed by atoms with van der Waals surface area (Å²) in [5.74, 6) is 0.0274. The maximum Gasteiger partial charge on any atom is 0.253 e. The normalized spacial score (nSPS) is 10.6. The molecular weight excluding hydrogens is 330 g/mol. The van der Waals surface area contributed by atoms with Crippen LogP contribution in [0.3, 0.4) is 0 Å². The first-order valence-corrected chi connectivity index (χ1v) is 9.33. The fraction of sp³-hybridized carbons (Fsp3) is 0.200. The second-order valence-electron chi connectivity index (χ2n) is 5.91. The van der Waals surface area contributed by atoms with Crippen molar-refractivity contribution in [3.63, 3.8) is 0 Å². The van der Waals surface area contributed by atoms with Gasteiger partial charge in [-0.1, -0.05) is 24.3 Å². The van der Waals surface area contributed by atoms with Gasteiger partial charge >= 0.3 is 0 Å². The summed E-state index contributed by atoms with van der Waals surface area (Å²) in [5, 5.41) is 4.20. The van der Waals surface area contributed by atoms with Crippen LogP contribution in [0.15, 0.2) is 71.9 Å². The minimum Gasteiger partial charge on any atom is -0.337 e. The van der Waals surface area contributed by atoms with Crippen LogP contribution in [0.1, 0.15) is 21.5 Å². The third kappa shape index (κ3) is 4.51. The van der Waals surface area contributed by atoms with E-state index in [1.54, 1.807) is 22.9 Å². The summed E-state index contributed by atoms with van der Waals surface area (Å²) in [7, 11) is 1.84. The van der Waals surface area contributed by atoms with Gasteiger partial charge in [-0.15, -0.1) is 11.8 Å². The number of amides is 1. The smallest absolute Gasteiger partial charge is 0.253 e. The van der Waals surface area contributed by atoms with Gasteiger partial charge in [-0.3, -0.25) is 9.48 Å². The zero-order valence-corrected chi connectivity index (χ0v) is 15.2. The van der Waals surface area contributed by atoms with E-state index in [0.29, 0.717) is 18.7 Å². The molecule has 2 aromatic carbocycles. The Kier molecular flexibility index (Phi) is 5.56. The third-order valence-corrected chi connectivity index (χ3v) is 4.77. The number of thioether (sulfide) groups is 1. The summed E-state index contributed by atoms with van der Waals surface area (Å²) in [5.41, 5.74) is 2.95. The molecule has 0 spiro atoms. The number of hydrogen-bond donors (Lipinski definition) is 0. The third-order valence-electron chi connectivity index (χ3n) is 4.03. The number of aromatic nitrogens is 2. The van der Waals surface area contributed by atoms with Gasteiger partial charge in [-0.2, -0.15) is 5.10 Å². The van der Waals surface area contributed by atoms with Gasteiger partial charge in [0, 0.05) is 36.4 Å². The molecule has 0 radical (unpaired) electrons. The lowest BCUT2D eigenvalue weighted by Crippen LogP contribution is -2.26. The van der Waals surface area contributed by atoms with Crippen LogP contribution >= 0.6 is 11.8 Å². The molecule has 128 valence electrons. The fourth-order valence-electron chi connectivity index (χ4n) is 2.63. The molecule has 0 saturated heterocycles. The molecule has 0 atom stereocenters.